The quantitative estimate of drug-likeness (QED) is 0.603. The number of fused-ring (bicyclic) bond motifs is 1. The number of hydrogen-bond donors (Lipinski definition) is 2. The average Bonchev–Trinajstić information content (AvgIpc) is 2.77. The third-order valence-electron chi connectivity index (χ3n) is 5.05. The van der Waals surface area contributed by atoms with E-state index < -0.39 is 29.3 Å². The van der Waals surface area contributed by atoms with Crippen molar-refractivity contribution in [3.63, 3.8) is 0 Å². The van der Waals surface area contributed by atoms with E-state index in [0.29, 0.717) is 37.2 Å². The lowest BCUT2D eigenvalue weighted by atomic mass is 10.0. The van der Waals surface area contributed by atoms with Crippen molar-refractivity contribution in [2.75, 3.05) is 35.8 Å². The lowest BCUT2D eigenvalue weighted by Crippen LogP contribution is -2.40. The van der Waals surface area contributed by atoms with Gasteiger partial charge in [-0.05, 0) is 38.3 Å². The molecule has 0 bridgehead atoms. The molecule has 9 nitrogen and oxygen atoms in total. The van der Waals surface area contributed by atoms with Crippen molar-refractivity contribution in [2.45, 2.75) is 38.7 Å². The highest BCUT2D eigenvalue weighted by Crippen LogP contribution is 2.31. The van der Waals surface area contributed by atoms with Crippen LogP contribution in [0.5, 0.6) is 0 Å². The van der Waals surface area contributed by atoms with Gasteiger partial charge in [0, 0.05) is 31.5 Å². The number of rotatable bonds is 7. The Morgan fingerprint density at radius 2 is 2.18 bits per heavy atom. The molecule has 2 amide bonds. The van der Waals surface area contributed by atoms with Crippen LogP contribution in [0.25, 0.3) is 0 Å². The van der Waals surface area contributed by atoms with Crippen LogP contribution in [0.2, 0.25) is 0 Å². The van der Waals surface area contributed by atoms with Crippen LogP contribution in [0.1, 0.15) is 53.9 Å². The van der Waals surface area contributed by atoms with Crippen molar-refractivity contribution < 1.29 is 23.1 Å². The minimum atomic E-state index is -2.84. The number of carbonyl (C=O) groups is 2. The maximum absolute atomic E-state index is 13.3. The summed E-state index contributed by atoms with van der Waals surface area (Å²) in [6, 6.07) is 4.23. The second kappa shape index (κ2) is 9.87. The Morgan fingerprint density at radius 3 is 2.82 bits per heavy atom. The highest BCUT2D eigenvalue weighted by atomic mass is 19.3. The first kappa shape index (κ1) is 24.0. The first-order chi connectivity index (χ1) is 15.7. The molecule has 33 heavy (non-hydrogen) atoms. The Bertz CT molecular complexity index is 1100. The van der Waals surface area contributed by atoms with Gasteiger partial charge in [0.2, 0.25) is 0 Å². The molecule has 3 heterocycles. The van der Waals surface area contributed by atoms with Gasteiger partial charge in [-0.3, -0.25) is 15.0 Å². The number of urea groups is 1. The number of anilines is 3. The number of ether oxygens (including phenoxy) is 1. The zero-order valence-electron chi connectivity index (χ0n) is 18.5. The largest absolute Gasteiger partial charge is 0.382 e. The Balaban J connectivity index is 1.88. The molecule has 0 atom stereocenters. The van der Waals surface area contributed by atoms with E-state index in [0.717, 1.165) is 0 Å². The van der Waals surface area contributed by atoms with Crippen molar-refractivity contribution in [3.05, 3.63) is 40.7 Å². The van der Waals surface area contributed by atoms with E-state index in [-0.39, 0.29) is 23.5 Å². The number of aryl methyl sites for hydroxylation is 1. The van der Waals surface area contributed by atoms with Crippen LogP contribution in [-0.2, 0) is 11.2 Å². The number of aromatic nitrogens is 2. The van der Waals surface area contributed by atoms with Gasteiger partial charge in [-0.2, -0.15) is 5.26 Å². The van der Waals surface area contributed by atoms with Gasteiger partial charge in [-0.1, -0.05) is 0 Å². The topological polar surface area (TPSA) is 120 Å². The summed E-state index contributed by atoms with van der Waals surface area (Å²) in [7, 11) is 1.57. The molecule has 0 spiro atoms. The zero-order chi connectivity index (χ0) is 24.2. The molecule has 174 valence electrons. The van der Waals surface area contributed by atoms with Crippen molar-refractivity contribution in [1.82, 2.24) is 9.97 Å². The number of methoxy groups -OCH3 is 1. The summed E-state index contributed by atoms with van der Waals surface area (Å²) in [5, 5.41) is 15.3. The van der Waals surface area contributed by atoms with Gasteiger partial charge in [0.05, 0.1) is 23.4 Å². The fraction of sp³-hybridized carbons (Fsp3) is 0.409. The van der Waals surface area contributed by atoms with Gasteiger partial charge in [-0.15, -0.1) is 0 Å². The molecule has 1 aliphatic heterocycles. The van der Waals surface area contributed by atoms with E-state index in [1.165, 1.54) is 23.2 Å². The molecule has 0 radical (unpaired) electrons. The number of halogens is 2. The maximum Gasteiger partial charge on any atom is 0.328 e. The SMILES string of the molecule is COCC(C)(C)Nc1cc(NC(=O)N2CCCc3cc(C(F)F)c(C=O)nc32)ncc1C#N. The first-order valence-corrected chi connectivity index (χ1v) is 10.2. The summed E-state index contributed by atoms with van der Waals surface area (Å²) >= 11 is 0. The molecule has 0 unspecified atom stereocenters. The van der Waals surface area contributed by atoms with Crippen LogP contribution < -0.4 is 15.5 Å². The third-order valence-corrected chi connectivity index (χ3v) is 5.05. The molecule has 0 fully saturated rings. The van der Waals surface area contributed by atoms with Crippen molar-refractivity contribution in [3.8, 4) is 6.07 Å². The molecule has 0 saturated carbocycles. The summed E-state index contributed by atoms with van der Waals surface area (Å²) in [6.45, 7) is 4.45. The predicted molar refractivity (Wildman–Crippen MR) is 118 cm³/mol. The fourth-order valence-corrected chi connectivity index (χ4v) is 3.65. The molecule has 3 rings (SSSR count). The second-order valence-corrected chi connectivity index (χ2v) is 8.22. The summed E-state index contributed by atoms with van der Waals surface area (Å²) in [5.74, 6) is 0.347. The highest BCUT2D eigenvalue weighted by Gasteiger charge is 2.28. The summed E-state index contributed by atoms with van der Waals surface area (Å²) < 4.78 is 31.7. The zero-order valence-corrected chi connectivity index (χ0v) is 18.5. The second-order valence-electron chi connectivity index (χ2n) is 8.22. The van der Waals surface area contributed by atoms with Gasteiger partial charge in [-0.25, -0.2) is 23.5 Å². The monoisotopic (exact) mass is 458 g/mol. The Kier molecular flexibility index (Phi) is 7.18. The van der Waals surface area contributed by atoms with E-state index in [1.807, 2.05) is 13.8 Å². The van der Waals surface area contributed by atoms with Crippen LogP contribution in [-0.4, -0.2) is 48.1 Å². The number of amides is 2. The van der Waals surface area contributed by atoms with E-state index in [1.54, 1.807) is 7.11 Å². The minimum absolute atomic E-state index is 0.165. The minimum Gasteiger partial charge on any atom is -0.382 e. The Labute approximate surface area is 189 Å². The average molecular weight is 458 g/mol. The lowest BCUT2D eigenvalue weighted by Gasteiger charge is -2.29. The van der Waals surface area contributed by atoms with Crippen LogP contribution >= 0.6 is 0 Å². The van der Waals surface area contributed by atoms with Gasteiger partial charge in [0.15, 0.2) is 6.29 Å². The number of pyridine rings is 2. The van der Waals surface area contributed by atoms with Crippen molar-refractivity contribution >= 4 is 29.6 Å². The summed E-state index contributed by atoms with van der Waals surface area (Å²) in [4.78, 5) is 33.7. The van der Waals surface area contributed by atoms with Gasteiger partial charge < -0.3 is 10.1 Å². The Morgan fingerprint density at radius 1 is 1.42 bits per heavy atom. The molecule has 2 aromatic rings. The van der Waals surface area contributed by atoms with Crippen molar-refractivity contribution in [1.29, 1.82) is 5.26 Å². The van der Waals surface area contributed by atoms with Gasteiger partial charge >= 0.3 is 6.03 Å². The van der Waals surface area contributed by atoms with Crippen LogP contribution in [0.4, 0.5) is 30.9 Å². The van der Waals surface area contributed by atoms with Crippen LogP contribution in [0, 0.1) is 11.3 Å². The number of nitriles is 1. The molecule has 1 aliphatic rings. The Hall–Kier alpha value is -3.65. The van der Waals surface area contributed by atoms with Crippen LogP contribution in [0.3, 0.4) is 0 Å². The number of hydrogen-bond acceptors (Lipinski definition) is 7. The number of carbonyl (C=O) groups excluding carboxylic acids is 2. The standard InChI is InChI=1S/C22H24F2N6O3/c1-22(2,12-33-3)29-16-8-18(26-10-14(16)9-25)28-21(32)30-6-4-5-13-7-15(19(23)24)17(11-31)27-20(13)30/h7-8,10-11,19H,4-6,12H2,1-3H3,(H2,26,28,29,32). The summed E-state index contributed by atoms with van der Waals surface area (Å²) in [5.41, 5.74) is -0.120. The lowest BCUT2D eigenvalue weighted by molar-refractivity contribution is 0.110. The first-order valence-electron chi connectivity index (χ1n) is 10.2. The van der Waals surface area contributed by atoms with Crippen LogP contribution in [0.15, 0.2) is 18.3 Å². The normalized spacial score (nSPS) is 13.3. The fourth-order valence-electron chi connectivity index (χ4n) is 3.65. The number of nitrogens with zero attached hydrogens (tertiary/aromatic N) is 4. The molecule has 0 aliphatic carbocycles. The summed E-state index contributed by atoms with van der Waals surface area (Å²) in [6.07, 6.45) is -0.243. The number of nitrogens with one attached hydrogen (secondary N) is 2. The molecule has 2 aromatic heterocycles. The molecule has 0 saturated heterocycles. The molecule has 2 N–H and O–H groups in total. The maximum atomic E-state index is 13.3. The highest BCUT2D eigenvalue weighted by molar-refractivity contribution is 6.01. The van der Waals surface area contributed by atoms with E-state index in [9.17, 15) is 23.6 Å². The molecular formula is C22H24F2N6O3. The number of aldehydes is 1. The third kappa shape index (κ3) is 5.40. The van der Waals surface area contributed by atoms with Gasteiger partial charge in [0.1, 0.15) is 23.4 Å². The number of alkyl halides is 2. The molecular weight excluding hydrogens is 434 g/mol. The molecule has 11 heteroatoms. The van der Waals surface area contributed by atoms with Crippen molar-refractivity contribution in [2.24, 2.45) is 0 Å². The smallest absolute Gasteiger partial charge is 0.328 e. The van der Waals surface area contributed by atoms with Gasteiger partial charge in [0.25, 0.3) is 6.43 Å². The van der Waals surface area contributed by atoms with E-state index in [4.69, 9.17) is 4.74 Å². The predicted octanol–water partition coefficient (Wildman–Crippen LogP) is 3.92. The van der Waals surface area contributed by atoms with E-state index >= 15 is 0 Å². The van der Waals surface area contributed by atoms with E-state index in [2.05, 4.69) is 26.7 Å². The molecule has 0 aromatic carbocycles.